The first-order valence-electron chi connectivity index (χ1n) is 6.40. The van der Waals surface area contributed by atoms with E-state index in [1.54, 1.807) is 0 Å². The highest BCUT2D eigenvalue weighted by atomic mass is 16.1. The van der Waals surface area contributed by atoms with Crippen molar-refractivity contribution >= 4 is 5.91 Å². The van der Waals surface area contributed by atoms with Crippen LogP contribution in [0.1, 0.15) is 18.4 Å². The van der Waals surface area contributed by atoms with Gasteiger partial charge in [-0.25, -0.2) is 0 Å². The molecule has 0 saturated heterocycles. The van der Waals surface area contributed by atoms with E-state index in [-0.39, 0.29) is 11.8 Å². The van der Waals surface area contributed by atoms with Gasteiger partial charge in [0.15, 0.2) is 0 Å². The van der Waals surface area contributed by atoms with Crippen LogP contribution in [0.3, 0.4) is 0 Å². The molecule has 1 aromatic carbocycles. The van der Waals surface area contributed by atoms with Crippen LogP contribution in [0.15, 0.2) is 30.3 Å². The number of carbonyl (C=O) groups is 1. The number of nitrogens with two attached hydrogens (primary N) is 1. The monoisotopic (exact) mass is 249 g/mol. The maximum atomic E-state index is 12.0. The van der Waals surface area contributed by atoms with Gasteiger partial charge < -0.3 is 16.0 Å². The highest BCUT2D eigenvalue weighted by Crippen LogP contribution is 2.13. The third-order valence-corrected chi connectivity index (χ3v) is 3.09. The molecule has 4 nitrogen and oxygen atoms in total. The van der Waals surface area contributed by atoms with Crippen molar-refractivity contribution < 1.29 is 4.79 Å². The molecule has 3 N–H and O–H groups in total. The first kappa shape index (κ1) is 14.7. The van der Waals surface area contributed by atoms with Gasteiger partial charge in [0.05, 0.1) is 5.92 Å². The van der Waals surface area contributed by atoms with E-state index < -0.39 is 0 Å². The average Bonchev–Trinajstić information content (AvgIpc) is 2.40. The van der Waals surface area contributed by atoms with Crippen molar-refractivity contribution in [2.45, 2.75) is 12.8 Å². The number of nitrogens with one attached hydrogen (secondary N) is 1. The Morgan fingerprint density at radius 1 is 1.39 bits per heavy atom. The Kier molecular flexibility index (Phi) is 6.39. The Balaban J connectivity index is 2.48. The summed E-state index contributed by atoms with van der Waals surface area (Å²) < 4.78 is 0. The van der Waals surface area contributed by atoms with Crippen molar-refractivity contribution in [3.8, 4) is 0 Å². The summed E-state index contributed by atoms with van der Waals surface area (Å²) in [4.78, 5) is 14.2. The molecule has 0 aromatic heterocycles. The number of hydrogen-bond acceptors (Lipinski definition) is 3. The number of nitrogens with zero attached hydrogens (tertiary/aromatic N) is 1. The SMILES string of the molecule is CCN(C)CCNC(=O)C(CN)c1ccccc1. The Bertz CT molecular complexity index is 353. The summed E-state index contributed by atoms with van der Waals surface area (Å²) in [5, 5.41) is 2.94. The molecule has 1 unspecified atom stereocenters. The smallest absolute Gasteiger partial charge is 0.228 e. The first-order chi connectivity index (χ1) is 8.69. The third kappa shape index (κ3) is 4.47. The molecule has 1 rings (SSSR count). The van der Waals surface area contributed by atoms with Gasteiger partial charge in [-0.2, -0.15) is 0 Å². The second kappa shape index (κ2) is 7.84. The van der Waals surface area contributed by atoms with E-state index in [9.17, 15) is 4.79 Å². The minimum Gasteiger partial charge on any atom is -0.354 e. The lowest BCUT2D eigenvalue weighted by atomic mass is 9.98. The molecular weight excluding hydrogens is 226 g/mol. The lowest BCUT2D eigenvalue weighted by molar-refractivity contribution is -0.122. The van der Waals surface area contributed by atoms with Gasteiger partial charge in [0.1, 0.15) is 0 Å². The topological polar surface area (TPSA) is 58.4 Å². The molecule has 0 heterocycles. The molecule has 0 aliphatic heterocycles. The summed E-state index contributed by atoms with van der Waals surface area (Å²) in [5.41, 5.74) is 6.67. The van der Waals surface area contributed by atoms with E-state index in [0.29, 0.717) is 13.1 Å². The van der Waals surface area contributed by atoms with Crippen molar-refractivity contribution in [3.05, 3.63) is 35.9 Å². The molecule has 0 spiro atoms. The molecule has 1 amide bonds. The minimum absolute atomic E-state index is 0.00760. The summed E-state index contributed by atoms with van der Waals surface area (Å²) >= 11 is 0. The molecule has 100 valence electrons. The fourth-order valence-corrected chi connectivity index (χ4v) is 1.73. The lowest BCUT2D eigenvalue weighted by Crippen LogP contribution is -2.37. The van der Waals surface area contributed by atoms with Crippen LogP contribution in [0.25, 0.3) is 0 Å². The van der Waals surface area contributed by atoms with Gasteiger partial charge in [-0.15, -0.1) is 0 Å². The predicted molar refractivity (Wildman–Crippen MR) is 74.4 cm³/mol. The van der Waals surface area contributed by atoms with Gasteiger partial charge in [-0.3, -0.25) is 4.79 Å². The normalized spacial score (nSPS) is 12.4. The molecule has 0 aliphatic rings. The Hall–Kier alpha value is -1.39. The maximum Gasteiger partial charge on any atom is 0.228 e. The second-order valence-corrected chi connectivity index (χ2v) is 4.39. The van der Waals surface area contributed by atoms with Crippen LogP contribution in [0, 0.1) is 0 Å². The standard InChI is InChI=1S/C14H23N3O/c1-3-17(2)10-9-16-14(18)13(11-15)12-7-5-4-6-8-12/h4-8,13H,3,9-11,15H2,1-2H3,(H,16,18). The highest BCUT2D eigenvalue weighted by Gasteiger charge is 2.17. The van der Waals surface area contributed by atoms with Gasteiger partial charge in [0, 0.05) is 19.6 Å². The highest BCUT2D eigenvalue weighted by molar-refractivity contribution is 5.83. The number of hydrogen-bond donors (Lipinski definition) is 2. The van der Waals surface area contributed by atoms with Crippen LogP contribution in [0.5, 0.6) is 0 Å². The van der Waals surface area contributed by atoms with E-state index in [1.807, 2.05) is 37.4 Å². The van der Waals surface area contributed by atoms with Crippen LogP contribution >= 0.6 is 0 Å². The van der Waals surface area contributed by atoms with Crippen molar-refractivity contribution in [2.24, 2.45) is 5.73 Å². The Morgan fingerprint density at radius 2 is 2.06 bits per heavy atom. The third-order valence-electron chi connectivity index (χ3n) is 3.09. The van der Waals surface area contributed by atoms with Crippen molar-refractivity contribution in [1.82, 2.24) is 10.2 Å². The molecule has 0 fully saturated rings. The first-order valence-corrected chi connectivity index (χ1v) is 6.40. The Labute approximate surface area is 109 Å². The van der Waals surface area contributed by atoms with Gasteiger partial charge in [-0.05, 0) is 19.2 Å². The average molecular weight is 249 g/mol. The van der Waals surface area contributed by atoms with Crippen molar-refractivity contribution in [3.63, 3.8) is 0 Å². The summed E-state index contributed by atoms with van der Waals surface area (Å²) in [5.74, 6) is -0.244. The molecule has 4 heteroatoms. The van der Waals surface area contributed by atoms with Crippen LogP contribution in [-0.4, -0.2) is 44.0 Å². The van der Waals surface area contributed by atoms with Gasteiger partial charge in [0.2, 0.25) is 5.91 Å². The number of carbonyl (C=O) groups excluding carboxylic acids is 1. The van der Waals surface area contributed by atoms with Gasteiger partial charge in [-0.1, -0.05) is 37.3 Å². The number of benzene rings is 1. The molecule has 18 heavy (non-hydrogen) atoms. The molecule has 0 saturated carbocycles. The zero-order chi connectivity index (χ0) is 13.4. The van der Waals surface area contributed by atoms with E-state index in [0.717, 1.165) is 18.7 Å². The summed E-state index contributed by atoms with van der Waals surface area (Å²) in [6.45, 7) is 4.92. The van der Waals surface area contributed by atoms with E-state index in [1.165, 1.54) is 0 Å². The number of amides is 1. The number of likely N-dealkylation sites (N-methyl/N-ethyl adjacent to an activating group) is 1. The summed E-state index contributed by atoms with van der Waals surface area (Å²) in [7, 11) is 2.03. The molecule has 0 aliphatic carbocycles. The quantitative estimate of drug-likeness (QED) is 0.751. The summed E-state index contributed by atoms with van der Waals surface area (Å²) in [6.07, 6.45) is 0. The van der Waals surface area contributed by atoms with Gasteiger partial charge in [0.25, 0.3) is 0 Å². The minimum atomic E-state index is -0.252. The molecule has 1 atom stereocenters. The van der Waals surface area contributed by atoms with Crippen molar-refractivity contribution in [2.75, 3.05) is 33.2 Å². The predicted octanol–water partition coefficient (Wildman–Crippen LogP) is 0.797. The van der Waals surface area contributed by atoms with Gasteiger partial charge >= 0.3 is 0 Å². The van der Waals surface area contributed by atoms with E-state index >= 15 is 0 Å². The fraction of sp³-hybridized carbons (Fsp3) is 0.500. The van der Waals surface area contributed by atoms with Crippen LogP contribution < -0.4 is 11.1 Å². The van der Waals surface area contributed by atoms with Crippen LogP contribution in [0.4, 0.5) is 0 Å². The second-order valence-electron chi connectivity index (χ2n) is 4.39. The molecular formula is C14H23N3O. The molecule has 0 bridgehead atoms. The van der Waals surface area contributed by atoms with E-state index in [2.05, 4.69) is 17.1 Å². The zero-order valence-corrected chi connectivity index (χ0v) is 11.2. The molecule has 0 radical (unpaired) electrons. The fourth-order valence-electron chi connectivity index (χ4n) is 1.73. The maximum absolute atomic E-state index is 12.0. The Morgan fingerprint density at radius 3 is 2.61 bits per heavy atom. The van der Waals surface area contributed by atoms with Crippen LogP contribution in [-0.2, 0) is 4.79 Å². The largest absolute Gasteiger partial charge is 0.354 e. The van der Waals surface area contributed by atoms with Crippen molar-refractivity contribution in [1.29, 1.82) is 0 Å². The zero-order valence-electron chi connectivity index (χ0n) is 11.2. The van der Waals surface area contributed by atoms with E-state index in [4.69, 9.17) is 5.73 Å². The van der Waals surface area contributed by atoms with Crippen LogP contribution in [0.2, 0.25) is 0 Å². The lowest BCUT2D eigenvalue weighted by Gasteiger charge is -2.17. The molecule has 1 aromatic rings. The summed E-state index contributed by atoms with van der Waals surface area (Å²) in [6, 6.07) is 9.67. The number of rotatable bonds is 7.